The van der Waals surface area contributed by atoms with Gasteiger partial charge in [0.25, 0.3) is 0 Å². The molecule has 0 fully saturated rings. The Balaban J connectivity index is 5.12. The summed E-state index contributed by atoms with van der Waals surface area (Å²) in [5, 5.41) is 0.947. The molecule has 0 rings (SSSR count). The van der Waals surface area contributed by atoms with Gasteiger partial charge in [0.1, 0.15) is 14.1 Å². The molecule has 0 aliphatic rings. The highest BCUT2D eigenvalue weighted by Crippen LogP contribution is 2.15. The smallest absolute Gasteiger partial charge is 0.315 e. The van der Waals surface area contributed by atoms with Crippen molar-refractivity contribution >= 4 is 28.4 Å². The summed E-state index contributed by atoms with van der Waals surface area (Å²) in [7, 11) is 8.82. The molecule has 0 aromatic rings. The zero-order chi connectivity index (χ0) is 10.6. The number of halogens is 2. The van der Waals surface area contributed by atoms with Crippen molar-refractivity contribution in [1.29, 1.82) is 0 Å². The van der Waals surface area contributed by atoms with E-state index in [0.29, 0.717) is 16.1 Å². The van der Waals surface area contributed by atoms with E-state index in [1.807, 2.05) is 28.2 Å². The third kappa shape index (κ3) is 3.44. The second-order valence-electron chi connectivity index (χ2n) is 2.90. The first-order valence-electron chi connectivity index (χ1n) is 3.73. The Bertz CT molecular complexity index is 243. The number of ether oxygens (including phenoxy) is 1. The van der Waals surface area contributed by atoms with Gasteiger partial charge in [0.05, 0.1) is 7.11 Å². The molecule has 0 saturated carbocycles. The molecule has 0 aromatic carbocycles. The van der Waals surface area contributed by atoms with Gasteiger partial charge in [0.2, 0.25) is 5.76 Å². The molecule has 13 heavy (non-hydrogen) atoms. The van der Waals surface area contributed by atoms with Crippen molar-refractivity contribution in [2.45, 2.75) is 0 Å². The van der Waals surface area contributed by atoms with Crippen LogP contribution in [-0.2, 0) is 4.74 Å². The number of nitrogens with zero attached hydrogens (tertiary/aromatic N) is 2. The maximum absolute atomic E-state index is 5.97. The summed E-state index contributed by atoms with van der Waals surface area (Å²) >= 11 is 11.9. The quantitative estimate of drug-likeness (QED) is 0.314. The van der Waals surface area contributed by atoms with E-state index in [2.05, 4.69) is 0 Å². The lowest BCUT2D eigenvalue weighted by atomic mass is 10.5. The average molecular weight is 226 g/mol. The first kappa shape index (κ1) is 12.6. The molecule has 5 heteroatoms. The van der Waals surface area contributed by atoms with Crippen LogP contribution in [0.5, 0.6) is 0 Å². The fraction of sp³-hybridized carbons (Fsp3) is 0.625. The van der Waals surface area contributed by atoms with Crippen LogP contribution in [0.1, 0.15) is 0 Å². The van der Waals surface area contributed by atoms with Crippen LogP contribution in [0.4, 0.5) is 0 Å². The van der Waals surface area contributed by atoms with E-state index in [4.69, 9.17) is 27.9 Å². The monoisotopic (exact) mass is 225 g/mol. The second-order valence-corrected chi connectivity index (χ2v) is 3.62. The van der Waals surface area contributed by atoms with Crippen LogP contribution in [-0.4, -0.2) is 49.9 Å². The van der Waals surface area contributed by atoms with E-state index < -0.39 is 0 Å². The van der Waals surface area contributed by atoms with Gasteiger partial charge in [-0.05, 0) is 11.6 Å². The van der Waals surface area contributed by atoms with Crippen molar-refractivity contribution in [3.8, 4) is 0 Å². The molecule has 0 atom stereocenters. The maximum Gasteiger partial charge on any atom is 0.315 e. The number of hydrogen-bond donors (Lipinski definition) is 0. The minimum absolute atomic E-state index is 0.471. The van der Waals surface area contributed by atoms with E-state index in [1.165, 1.54) is 7.11 Å². The van der Waals surface area contributed by atoms with Gasteiger partial charge in [0.15, 0.2) is 5.16 Å². The van der Waals surface area contributed by atoms with Gasteiger partial charge in [-0.15, -0.1) is 0 Å². The lowest BCUT2D eigenvalue weighted by Crippen LogP contribution is -2.17. The molecular formula is C8H15Cl2N2O+. The van der Waals surface area contributed by atoms with Crippen molar-refractivity contribution in [2.75, 3.05) is 35.3 Å². The van der Waals surface area contributed by atoms with Crippen molar-refractivity contribution in [2.24, 2.45) is 0 Å². The van der Waals surface area contributed by atoms with Crippen LogP contribution in [0, 0.1) is 0 Å². The van der Waals surface area contributed by atoms with Crippen LogP contribution in [0.25, 0.3) is 0 Å². The van der Waals surface area contributed by atoms with Gasteiger partial charge in [-0.3, -0.25) is 0 Å². The van der Waals surface area contributed by atoms with E-state index >= 15 is 0 Å². The van der Waals surface area contributed by atoms with Gasteiger partial charge >= 0.3 is 5.17 Å². The van der Waals surface area contributed by atoms with E-state index in [0.717, 1.165) is 0 Å². The molecule has 0 bridgehead atoms. The molecule has 0 amide bonds. The SMILES string of the molecule is CO/C(C(Cl)=[N+](C)C)=C(/Cl)N(C)C. The van der Waals surface area contributed by atoms with Crippen LogP contribution in [0.2, 0.25) is 0 Å². The summed E-state index contributed by atoms with van der Waals surface area (Å²) in [4.78, 5) is 1.73. The van der Waals surface area contributed by atoms with Crippen LogP contribution in [0.15, 0.2) is 10.9 Å². The minimum atomic E-state index is 0.471. The van der Waals surface area contributed by atoms with E-state index in [1.54, 1.807) is 9.48 Å². The predicted molar refractivity (Wildman–Crippen MR) is 56.5 cm³/mol. The Labute approximate surface area is 89.2 Å². The number of methoxy groups -OCH3 is 1. The summed E-state index contributed by atoms with van der Waals surface area (Å²) in [6, 6.07) is 0. The van der Waals surface area contributed by atoms with Crippen molar-refractivity contribution < 1.29 is 9.31 Å². The van der Waals surface area contributed by atoms with Crippen LogP contribution < -0.4 is 0 Å². The second kappa shape index (κ2) is 5.35. The van der Waals surface area contributed by atoms with Gasteiger partial charge in [-0.25, -0.2) is 4.58 Å². The Morgan fingerprint density at radius 2 is 1.69 bits per heavy atom. The predicted octanol–water partition coefficient (Wildman–Crippen LogP) is 1.51. The molecular weight excluding hydrogens is 211 g/mol. The molecule has 0 heterocycles. The number of hydrogen-bond acceptors (Lipinski definition) is 2. The zero-order valence-electron chi connectivity index (χ0n) is 8.56. The highest BCUT2D eigenvalue weighted by Gasteiger charge is 2.18. The summed E-state index contributed by atoms with van der Waals surface area (Å²) in [5.74, 6) is 0.471. The molecule has 0 aromatic heterocycles. The zero-order valence-corrected chi connectivity index (χ0v) is 10.1. The van der Waals surface area contributed by atoms with Gasteiger partial charge < -0.3 is 9.64 Å². The Morgan fingerprint density at radius 3 is 1.92 bits per heavy atom. The third-order valence-electron chi connectivity index (χ3n) is 1.36. The van der Waals surface area contributed by atoms with Crippen molar-refractivity contribution in [3.05, 3.63) is 10.9 Å². The molecule has 0 saturated heterocycles. The largest absolute Gasteiger partial charge is 0.488 e. The molecule has 0 N–H and O–H groups in total. The molecule has 76 valence electrons. The molecule has 0 radical (unpaired) electrons. The first-order valence-corrected chi connectivity index (χ1v) is 4.48. The molecule has 0 spiro atoms. The summed E-state index contributed by atoms with van der Waals surface area (Å²) < 4.78 is 6.82. The number of rotatable bonds is 3. The van der Waals surface area contributed by atoms with Crippen molar-refractivity contribution in [1.82, 2.24) is 4.90 Å². The highest BCUT2D eigenvalue weighted by molar-refractivity contribution is 6.68. The van der Waals surface area contributed by atoms with Crippen LogP contribution in [0.3, 0.4) is 0 Å². The van der Waals surface area contributed by atoms with Crippen LogP contribution >= 0.6 is 23.2 Å². The summed E-state index contributed by atoms with van der Waals surface area (Å²) in [6.07, 6.45) is 0. The number of allylic oxidation sites excluding steroid dienone is 1. The van der Waals surface area contributed by atoms with E-state index in [9.17, 15) is 0 Å². The van der Waals surface area contributed by atoms with Gasteiger partial charge in [-0.1, -0.05) is 11.6 Å². The maximum atomic E-state index is 5.97. The summed E-state index contributed by atoms with van der Waals surface area (Å²) in [6.45, 7) is 0. The molecule has 0 unspecified atom stereocenters. The van der Waals surface area contributed by atoms with E-state index in [-0.39, 0.29) is 0 Å². The topological polar surface area (TPSA) is 15.5 Å². The highest BCUT2D eigenvalue weighted by atomic mass is 35.5. The van der Waals surface area contributed by atoms with Gasteiger partial charge in [0, 0.05) is 14.1 Å². The molecule has 0 aliphatic heterocycles. The Morgan fingerprint density at radius 1 is 1.23 bits per heavy atom. The fourth-order valence-electron chi connectivity index (χ4n) is 0.660. The molecule has 0 aliphatic carbocycles. The standard InChI is InChI=1S/C8H15Cl2N2O/c1-11(2)7(9)6(13-5)8(10)12(3)4/h1-5H3/q+1. The first-order chi connectivity index (χ1) is 5.91. The molecule has 3 nitrogen and oxygen atoms in total. The summed E-state index contributed by atoms with van der Waals surface area (Å²) in [5.41, 5.74) is 0. The Hall–Kier alpha value is -0.410. The van der Waals surface area contributed by atoms with Crippen molar-refractivity contribution in [3.63, 3.8) is 0 Å². The third-order valence-corrected chi connectivity index (χ3v) is 2.38. The lowest BCUT2D eigenvalue weighted by Gasteiger charge is -2.13. The Kier molecular flexibility index (Phi) is 5.18. The normalized spacial score (nSPS) is 11.9. The lowest BCUT2D eigenvalue weighted by molar-refractivity contribution is -0.462. The fourth-order valence-corrected chi connectivity index (χ4v) is 1.04. The minimum Gasteiger partial charge on any atom is -0.488 e. The van der Waals surface area contributed by atoms with Gasteiger partial charge in [-0.2, -0.15) is 0 Å². The average Bonchev–Trinajstić information content (AvgIpc) is 2.04.